The third-order valence-corrected chi connectivity index (χ3v) is 3.31. The van der Waals surface area contributed by atoms with Crippen LogP contribution >= 0.6 is 11.6 Å². The molecule has 0 aromatic carbocycles. The van der Waals surface area contributed by atoms with Gasteiger partial charge in [0.2, 0.25) is 0 Å². The molecule has 2 rings (SSSR count). The molecular weight excluding hydrogens is 271 g/mol. The summed E-state index contributed by atoms with van der Waals surface area (Å²) in [5, 5.41) is 0.0112. The standard InChI is InChI=1S/C13H16ClFN2O2/c1-17(4-5-19-8-9-2-3-9)13(18)11-6-10(15)7-16-12(11)14/h6-7,9H,2-5,8H2,1H3. The molecule has 1 aliphatic carbocycles. The van der Waals surface area contributed by atoms with E-state index in [2.05, 4.69) is 4.98 Å². The second kappa shape index (κ2) is 6.30. The Balaban J connectivity index is 1.84. The zero-order chi connectivity index (χ0) is 13.8. The lowest BCUT2D eigenvalue weighted by molar-refractivity contribution is 0.0680. The molecule has 1 amide bonds. The van der Waals surface area contributed by atoms with Gasteiger partial charge in [-0.2, -0.15) is 0 Å². The molecule has 0 unspecified atom stereocenters. The summed E-state index contributed by atoms with van der Waals surface area (Å²) < 4.78 is 18.5. The molecule has 0 N–H and O–H groups in total. The summed E-state index contributed by atoms with van der Waals surface area (Å²) in [5.41, 5.74) is 0.0753. The maximum absolute atomic E-state index is 13.1. The number of aromatic nitrogens is 1. The van der Waals surface area contributed by atoms with Crippen LogP contribution in [0.25, 0.3) is 0 Å². The van der Waals surface area contributed by atoms with E-state index in [1.165, 1.54) is 17.7 Å². The minimum Gasteiger partial charge on any atom is -0.379 e. The van der Waals surface area contributed by atoms with Crippen LogP contribution in [0, 0.1) is 11.7 Å². The van der Waals surface area contributed by atoms with E-state index >= 15 is 0 Å². The molecule has 0 saturated heterocycles. The lowest BCUT2D eigenvalue weighted by Gasteiger charge is -2.17. The van der Waals surface area contributed by atoms with Crippen molar-refractivity contribution in [3.8, 4) is 0 Å². The van der Waals surface area contributed by atoms with E-state index in [1.807, 2.05) is 0 Å². The van der Waals surface area contributed by atoms with Crippen molar-refractivity contribution in [1.29, 1.82) is 0 Å². The fraction of sp³-hybridized carbons (Fsp3) is 0.538. The lowest BCUT2D eigenvalue weighted by Crippen LogP contribution is -2.30. The maximum atomic E-state index is 13.1. The van der Waals surface area contributed by atoms with Crippen LogP contribution < -0.4 is 0 Å². The molecular formula is C13H16ClFN2O2. The van der Waals surface area contributed by atoms with Crippen LogP contribution in [-0.4, -0.2) is 42.6 Å². The predicted octanol–water partition coefficient (Wildman–Crippen LogP) is 2.37. The molecule has 0 bridgehead atoms. The fourth-order valence-corrected chi connectivity index (χ4v) is 1.80. The van der Waals surface area contributed by atoms with Crippen LogP contribution in [0.2, 0.25) is 5.15 Å². The second-order valence-electron chi connectivity index (χ2n) is 4.74. The molecule has 1 aliphatic rings. The van der Waals surface area contributed by atoms with Gasteiger partial charge in [-0.15, -0.1) is 0 Å². The third kappa shape index (κ3) is 4.14. The largest absolute Gasteiger partial charge is 0.379 e. The van der Waals surface area contributed by atoms with E-state index in [1.54, 1.807) is 7.05 Å². The van der Waals surface area contributed by atoms with Gasteiger partial charge in [0.05, 0.1) is 18.4 Å². The quantitative estimate of drug-likeness (QED) is 0.596. The summed E-state index contributed by atoms with van der Waals surface area (Å²) in [6, 6.07) is 1.10. The Bertz CT molecular complexity index is 466. The highest BCUT2D eigenvalue weighted by Crippen LogP contribution is 2.28. The normalized spacial score (nSPS) is 14.5. The van der Waals surface area contributed by atoms with E-state index in [0.717, 1.165) is 18.9 Å². The van der Waals surface area contributed by atoms with Gasteiger partial charge in [-0.3, -0.25) is 4.79 Å². The maximum Gasteiger partial charge on any atom is 0.256 e. The number of halogens is 2. The van der Waals surface area contributed by atoms with Crippen LogP contribution in [0.4, 0.5) is 4.39 Å². The fourth-order valence-electron chi connectivity index (χ4n) is 1.62. The number of amides is 1. The zero-order valence-corrected chi connectivity index (χ0v) is 11.5. The second-order valence-corrected chi connectivity index (χ2v) is 5.09. The van der Waals surface area contributed by atoms with Gasteiger partial charge in [0.1, 0.15) is 11.0 Å². The topological polar surface area (TPSA) is 42.4 Å². The number of rotatable bonds is 6. The molecule has 1 saturated carbocycles. The lowest BCUT2D eigenvalue weighted by atomic mass is 10.2. The molecule has 1 aromatic heterocycles. The molecule has 19 heavy (non-hydrogen) atoms. The molecule has 0 radical (unpaired) electrons. The number of nitrogens with zero attached hydrogens (tertiary/aromatic N) is 2. The summed E-state index contributed by atoms with van der Waals surface area (Å²) in [5.74, 6) is -0.235. The SMILES string of the molecule is CN(CCOCC1CC1)C(=O)c1cc(F)cnc1Cl. The number of hydrogen-bond acceptors (Lipinski definition) is 3. The summed E-state index contributed by atoms with van der Waals surface area (Å²) >= 11 is 5.79. The Morgan fingerprint density at radius 2 is 2.37 bits per heavy atom. The minimum atomic E-state index is -0.578. The van der Waals surface area contributed by atoms with Crippen molar-refractivity contribution in [2.75, 3.05) is 26.8 Å². The summed E-state index contributed by atoms with van der Waals surface area (Å²) in [4.78, 5) is 17.1. The number of carbonyl (C=O) groups excluding carboxylic acids is 1. The van der Waals surface area contributed by atoms with Crippen molar-refractivity contribution in [3.63, 3.8) is 0 Å². The summed E-state index contributed by atoms with van der Waals surface area (Å²) in [6.07, 6.45) is 3.45. The first kappa shape index (κ1) is 14.2. The highest BCUT2D eigenvalue weighted by Gasteiger charge is 2.21. The summed E-state index contributed by atoms with van der Waals surface area (Å²) in [6.45, 7) is 1.67. The number of ether oxygens (including phenoxy) is 1. The van der Waals surface area contributed by atoms with E-state index in [9.17, 15) is 9.18 Å². The van der Waals surface area contributed by atoms with E-state index < -0.39 is 5.82 Å². The molecule has 1 fully saturated rings. The molecule has 104 valence electrons. The molecule has 1 aromatic rings. The predicted molar refractivity (Wildman–Crippen MR) is 69.7 cm³/mol. The summed E-state index contributed by atoms with van der Waals surface area (Å²) in [7, 11) is 1.63. The van der Waals surface area contributed by atoms with Crippen LogP contribution in [0.1, 0.15) is 23.2 Å². The first-order chi connectivity index (χ1) is 9.08. The van der Waals surface area contributed by atoms with Crippen LogP contribution in [0.3, 0.4) is 0 Å². The Morgan fingerprint density at radius 1 is 1.63 bits per heavy atom. The van der Waals surface area contributed by atoms with Crippen molar-refractivity contribution in [2.24, 2.45) is 5.92 Å². The minimum absolute atomic E-state index is 0.0112. The first-order valence-electron chi connectivity index (χ1n) is 6.22. The van der Waals surface area contributed by atoms with Gasteiger partial charge in [-0.05, 0) is 24.8 Å². The molecule has 4 nitrogen and oxygen atoms in total. The van der Waals surface area contributed by atoms with Crippen molar-refractivity contribution in [2.45, 2.75) is 12.8 Å². The van der Waals surface area contributed by atoms with E-state index in [0.29, 0.717) is 19.1 Å². The van der Waals surface area contributed by atoms with Gasteiger partial charge in [-0.1, -0.05) is 11.6 Å². The van der Waals surface area contributed by atoms with E-state index in [-0.39, 0.29) is 16.6 Å². The number of pyridine rings is 1. The van der Waals surface area contributed by atoms with Gasteiger partial charge < -0.3 is 9.64 Å². The average Bonchev–Trinajstić information content (AvgIpc) is 3.20. The smallest absolute Gasteiger partial charge is 0.256 e. The first-order valence-corrected chi connectivity index (χ1v) is 6.60. The highest BCUT2D eigenvalue weighted by molar-refractivity contribution is 6.32. The Kier molecular flexibility index (Phi) is 4.71. The Labute approximate surface area is 116 Å². The number of carbonyl (C=O) groups is 1. The van der Waals surface area contributed by atoms with Gasteiger partial charge in [0.15, 0.2) is 0 Å². The number of hydrogen-bond donors (Lipinski definition) is 0. The van der Waals surface area contributed by atoms with Crippen LogP contribution in [0.5, 0.6) is 0 Å². The van der Waals surface area contributed by atoms with Gasteiger partial charge in [-0.25, -0.2) is 9.37 Å². The van der Waals surface area contributed by atoms with Crippen molar-refractivity contribution >= 4 is 17.5 Å². The Hall–Kier alpha value is -1.20. The molecule has 0 atom stereocenters. The Morgan fingerprint density at radius 3 is 3.05 bits per heavy atom. The van der Waals surface area contributed by atoms with Crippen molar-refractivity contribution < 1.29 is 13.9 Å². The molecule has 6 heteroatoms. The molecule has 0 spiro atoms. The molecule has 0 aliphatic heterocycles. The van der Waals surface area contributed by atoms with Gasteiger partial charge in [0.25, 0.3) is 5.91 Å². The van der Waals surface area contributed by atoms with Crippen molar-refractivity contribution in [3.05, 3.63) is 28.8 Å². The number of likely N-dealkylation sites (N-methyl/N-ethyl adjacent to an activating group) is 1. The van der Waals surface area contributed by atoms with E-state index in [4.69, 9.17) is 16.3 Å². The van der Waals surface area contributed by atoms with Crippen LogP contribution in [0.15, 0.2) is 12.3 Å². The highest BCUT2D eigenvalue weighted by atomic mass is 35.5. The van der Waals surface area contributed by atoms with Crippen molar-refractivity contribution in [1.82, 2.24) is 9.88 Å². The van der Waals surface area contributed by atoms with Gasteiger partial charge in [0, 0.05) is 20.2 Å². The molecule has 1 heterocycles. The monoisotopic (exact) mass is 286 g/mol. The third-order valence-electron chi connectivity index (χ3n) is 3.00. The average molecular weight is 287 g/mol. The van der Waals surface area contributed by atoms with Gasteiger partial charge >= 0.3 is 0 Å². The van der Waals surface area contributed by atoms with Crippen LogP contribution in [-0.2, 0) is 4.74 Å². The zero-order valence-electron chi connectivity index (χ0n) is 10.7.